The third-order valence-electron chi connectivity index (χ3n) is 2.48. The minimum atomic E-state index is 0.444. The Morgan fingerprint density at radius 3 is 1.25 bits per heavy atom. The third kappa shape index (κ3) is 1.88. The van der Waals surface area contributed by atoms with E-state index >= 15 is 0 Å². The van der Waals surface area contributed by atoms with Gasteiger partial charge < -0.3 is 0 Å². The van der Waals surface area contributed by atoms with Crippen LogP contribution in [-0.2, 0) is 0 Å². The van der Waals surface area contributed by atoms with Crippen molar-refractivity contribution in [2.45, 2.75) is 0 Å². The smallest absolute Gasteiger partial charge is 0.158 e. The predicted octanol–water partition coefficient (Wildman–Crippen LogP) is 2.39. The van der Waals surface area contributed by atoms with Gasteiger partial charge in [-0.2, -0.15) is 34.0 Å². The second-order valence-corrected chi connectivity index (χ2v) is 6.42. The number of hydrogen-bond donors (Lipinski definition) is 0. The summed E-state index contributed by atoms with van der Waals surface area (Å²) in [7, 11) is 0. The van der Waals surface area contributed by atoms with Gasteiger partial charge in [-0.05, 0) is 30.5 Å². The van der Waals surface area contributed by atoms with Gasteiger partial charge in [-0.3, -0.25) is 0 Å². The van der Waals surface area contributed by atoms with Crippen molar-refractivity contribution in [2.24, 2.45) is 0 Å². The zero-order valence-corrected chi connectivity index (χ0v) is 10.9. The maximum absolute atomic E-state index is 2.23. The van der Waals surface area contributed by atoms with E-state index in [0.717, 1.165) is 0 Å². The molecule has 0 N–H and O–H groups in total. The summed E-state index contributed by atoms with van der Waals surface area (Å²) >= 11 is 5.52. The molecule has 3 aromatic heterocycles. The largest absolute Gasteiger partial charge is 0.278 e. The minimum absolute atomic E-state index is 0.444. The van der Waals surface area contributed by atoms with Gasteiger partial charge in [0, 0.05) is 0 Å². The maximum Gasteiger partial charge on any atom is 0.278 e. The molecule has 0 bridgehead atoms. The summed E-state index contributed by atoms with van der Waals surface area (Å²) < 4.78 is 4.31. The molecule has 0 radical (unpaired) electrons. The highest BCUT2D eigenvalue weighted by atomic mass is 32.1. The van der Waals surface area contributed by atoms with E-state index in [1.54, 1.807) is 0 Å². The molecule has 0 saturated heterocycles. The second-order valence-electron chi connectivity index (χ2n) is 3.48. The lowest BCUT2D eigenvalue weighted by atomic mass is 9.46. The summed E-state index contributed by atoms with van der Waals surface area (Å²) in [5.74, 6) is 0. The van der Waals surface area contributed by atoms with Gasteiger partial charge >= 0.3 is 0 Å². The van der Waals surface area contributed by atoms with E-state index in [4.69, 9.17) is 0 Å². The summed E-state index contributed by atoms with van der Waals surface area (Å²) in [6, 6.07) is 13.1. The van der Waals surface area contributed by atoms with Crippen molar-refractivity contribution in [1.82, 2.24) is 0 Å². The average molecular weight is 260 g/mol. The van der Waals surface area contributed by atoms with Gasteiger partial charge in [-0.15, -0.1) is 0 Å². The van der Waals surface area contributed by atoms with Crippen LogP contribution >= 0.6 is 34.0 Å². The van der Waals surface area contributed by atoms with Crippen molar-refractivity contribution < 1.29 is 0 Å². The van der Waals surface area contributed by atoms with Crippen LogP contribution < -0.4 is 14.3 Å². The van der Waals surface area contributed by atoms with E-state index < -0.39 is 0 Å². The molecule has 0 fully saturated rings. The zero-order chi connectivity index (χ0) is 10.8. The molecule has 0 unspecified atom stereocenters. The van der Waals surface area contributed by atoms with Gasteiger partial charge in [0.2, 0.25) is 0 Å². The van der Waals surface area contributed by atoms with Crippen LogP contribution in [0.4, 0.5) is 0 Å². The highest BCUT2D eigenvalue weighted by Gasteiger charge is 2.24. The van der Waals surface area contributed by atoms with Crippen molar-refractivity contribution >= 4 is 55.1 Å². The Labute approximate surface area is 107 Å². The molecule has 4 heteroatoms. The second kappa shape index (κ2) is 4.57. The van der Waals surface area contributed by atoms with Crippen molar-refractivity contribution in [3.05, 3.63) is 52.5 Å². The van der Waals surface area contributed by atoms with Crippen molar-refractivity contribution in [2.75, 3.05) is 0 Å². The van der Waals surface area contributed by atoms with E-state index in [-0.39, 0.29) is 0 Å². The van der Waals surface area contributed by atoms with Gasteiger partial charge in [0.05, 0.1) is 0 Å². The monoisotopic (exact) mass is 260 g/mol. The predicted molar refractivity (Wildman–Crippen MR) is 77.6 cm³/mol. The number of thiophene rings is 3. The van der Waals surface area contributed by atoms with Gasteiger partial charge in [-0.1, -0.05) is 36.4 Å². The van der Waals surface area contributed by atoms with Crippen LogP contribution in [0.1, 0.15) is 0 Å². The maximum atomic E-state index is 2.23. The van der Waals surface area contributed by atoms with Crippen LogP contribution in [0.25, 0.3) is 0 Å². The Morgan fingerprint density at radius 2 is 1.00 bits per heavy atom. The topological polar surface area (TPSA) is 0 Å². The summed E-state index contributed by atoms with van der Waals surface area (Å²) in [4.78, 5) is 0. The molecule has 0 aromatic carbocycles. The van der Waals surface area contributed by atoms with Gasteiger partial charge in [0.15, 0.2) is 0 Å². The van der Waals surface area contributed by atoms with Crippen LogP contribution in [0.2, 0.25) is 0 Å². The molecule has 0 spiro atoms. The molecule has 0 nitrogen and oxygen atoms in total. The Kier molecular flexibility index (Phi) is 2.95. The molecule has 0 atom stereocenters. The molecule has 78 valence electrons. The quantitative estimate of drug-likeness (QED) is 0.634. The fraction of sp³-hybridized carbons (Fsp3) is 0. The summed E-state index contributed by atoms with van der Waals surface area (Å²) in [6.07, 6.45) is 0. The molecule has 3 rings (SSSR count). The van der Waals surface area contributed by atoms with Crippen LogP contribution in [-0.4, -0.2) is 6.71 Å². The van der Waals surface area contributed by atoms with Gasteiger partial charge in [-0.25, -0.2) is 0 Å². The Bertz CT molecular complexity index is 441. The molecule has 0 aliphatic rings. The minimum Gasteiger partial charge on any atom is -0.158 e. The summed E-state index contributed by atoms with van der Waals surface area (Å²) in [6.45, 7) is 0.444. The van der Waals surface area contributed by atoms with Crippen LogP contribution in [0.5, 0.6) is 0 Å². The Balaban J connectivity index is 2.09. The van der Waals surface area contributed by atoms with E-state index in [1.165, 1.54) is 14.3 Å². The molecule has 3 aromatic rings. The van der Waals surface area contributed by atoms with E-state index in [0.29, 0.717) is 6.71 Å². The highest BCUT2D eigenvalue weighted by molar-refractivity contribution is 7.39. The van der Waals surface area contributed by atoms with E-state index in [9.17, 15) is 0 Å². The SMILES string of the molecule is c1csc(B(c2cccs2)c2cccs2)c1. The lowest BCUT2D eigenvalue weighted by molar-refractivity contribution is 2.01. The van der Waals surface area contributed by atoms with Crippen LogP contribution in [0.3, 0.4) is 0 Å². The molecule has 0 amide bonds. The molecule has 16 heavy (non-hydrogen) atoms. The standard InChI is InChI=1S/C12H9BS3/c1-4-10(14-7-1)13(11-5-2-8-15-11)12-6-3-9-16-12/h1-9H. The molecule has 0 aliphatic heterocycles. The van der Waals surface area contributed by atoms with Crippen LogP contribution in [0.15, 0.2) is 52.5 Å². The van der Waals surface area contributed by atoms with Gasteiger partial charge in [0.25, 0.3) is 6.71 Å². The summed E-state index contributed by atoms with van der Waals surface area (Å²) in [5, 5.41) is 6.47. The fourth-order valence-corrected chi connectivity index (χ4v) is 4.60. The highest BCUT2D eigenvalue weighted by Crippen LogP contribution is 2.05. The first-order chi connectivity index (χ1) is 7.95. The van der Waals surface area contributed by atoms with E-state index in [2.05, 4.69) is 52.5 Å². The Hall–Kier alpha value is -0.835. The number of hydrogen-bond acceptors (Lipinski definition) is 3. The fourth-order valence-electron chi connectivity index (χ4n) is 1.79. The van der Waals surface area contributed by atoms with Gasteiger partial charge in [0.1, 0.15) is 0 Å². The molecular weight excluding hydrogens is 251 g/mol. The van der Waals surface area contributed by atoms with E-state index in [1.807, 2.05) is 34.0 Å². The molecule has 3 heterocycles. The average Bonchev–Trinajstić information content (AvgIpc) is 3.02. The molecule has 0 aliphatic carbocycles. The zero-order valence-electron chi connectivity index (χ0n) is 8.50. The first kappa shape index (κ1) is 10.3. The van der Waals surface area contributed by atoms with Crippen molar-refractivity contribution in [3.8, 4) is 0 Å². The van der Waals surface area contributed by atoms with Crippen LogP contribution in [0, 0.1) is 0 Å². The van der Waals surface area contributed by atoms with Crippen molar-refractivity contribution in [3.63, 3.8) is 0 Å². The number of rotatable bonds is 3. The third-order valence-corrected chi connectivity index (χ3v) is 5.29. The first-order valence-corrected chi connectivity index (χ1v) is 7.69. The molecular formula is C12H9BS3. The lowest BCUT2D eigenvalue weighted by Gasteiger charge is -2.07. The Morgan fingerprint density at radius 1 is 0.625 bits per heavy atom. The first-order valence-electron chi connectivity index (χ1n) is 5.05. The summed E-state index contributed by atoms with van der Waals surface area (Å²) in [5.41, 5.74) is 0. The molecule has 0 saturated carbocycles. The lowest BCUT2D eigenvalue weighted by Crippen LogP contribution is -2.48. The van der Waals surface area contributed by atoms with Crippen molar-refractivity contribution in [1.29, 1.82) is 0 Å². The normalized spacial score (nSPS) is 10.5.